The van der Waals surface area contributed by atoms with Crippen molar-refractivity contribution < 1.29 is 0 Å². The lowest BCUT2D eigenvalue weighted by Crippen LogP contribution is -2.19. The number of nitrogens with zero attached hydrogens (tertiary/aromatic N) is 4. The maximum atomic E-state index is 12.6. The van der Waals surface area contributed by atoms with Gasteiger partial charge in [0.25, 0.3) is 0 Å². The third-order valence-electron chi connectivity index (χ3n) is 8.80. The first-order valence-corrected chi connectivity index (χ1v) is 15.3. The number of fused-ring (bicyclic) bond motifs is 2. The molecule has 8 rings (SSSR count). The number of hydrogen-bond donors (Lipinski definition) is 0. The fourth-order valence-corrected chi connectivity index (χ4v) is 6.40. The summed E-state index contributed by atoms with van der Waals surface area (Å²) in [5, 5.41) is 2.41. The predicted octanol–water partition coefficient (Wildman–Crippen LogP) is 9.16. The van der Waals surface area contributed by atoms with Crippen molar-refractivity contribution in [3.05, 3.63) is 156 Å². The zero-order valence-electron chi connectivity index (χ0n) is 25.6. The SMILES string of the molecule is Cn1c(=O)n(C)c2cc(-c3cccc(-c4cc(-c5ccccc5-c5cccc6ccccc56)nc(-c5ccccc5)n4)c3)ccc21. The first-order valence-electron chi connectivity index (χ1n) is 15.3. The lowest BCUT2D eigenvalue weighted by Gasteiger charge is -2.15. The molecule has 0 aliphatic carbocycles. The summed E-state index contributed by atoms with van der Waals surface area (Å²) < 4.78 is 3.37. The first kappa shape index (κ1) is 27.5. The van der Waals surface area contributed by atoms with Crippen LogP contribution in [-0.4, -0.2) is 19.1 Å². The molecule has 8 aromatic rings. The van der Waals surface area contributed by atoms with Crippen molar-refractivity contribution in [2.24, 2.45) is 14.1 Å². The summed E-state index contributed by atoms with van der Waals surface area (Å²) in [6.07, 6.45) is 0. The highest BCUT2D eigenvalue weighted by Crippen LogP contribution is 2.37. The lowest BCUT2D eigenvalue weighted by atomic mass is 9.92. The van der Waals surface area contributed by atoms with Crippen LogP contribution < -0.4 is 5.69 Å². The van der Waals surface area contributed by atoms with E-state index in [-0.39, 0.29) is 5.69 Å². The highest BCUT2D eigenvalue weighted by Gasteiger charge is 2.16. The molecule has 0 unspecified atom stereocenters. The zero-order chi connectivity index (χ0) is 31.2. The Kier molecular flexibility index (Phi) is 6.65. The van der Waals surface area contributed by atoms with Crippen molar-refractivity contribution in [3.8, 4) is 56.2 Å². The minimum absolute atomic E-state index is 0.0355. The minimum Gasteiger partial charge on any atom is -0.295 e. The predicted molar refractivity (Wildman–Crippen MR) is 188 cm³/mol. The van der Waals surface area contributed by atoms with E-state index in [1.807, 2.05) is 31.3 Å². The van der Waals surface area contributed by atoms with Crippen molar-refractivity contribution in [1.82, 2.24) is 19.1 Å². The molecule has 2 heterocycles. The van der Waals surface area contributed by atoms with Gasteiger partial charge in [-0.3, -0.25) is 9.13 Å². The van der Waals surface area contributed by atoms with Gasteiger partial charge in [0.05, 0.1) is 22.4 Å². The molecule has 0 radical (unpaired) electrons. The van der Waals surface area contributed by atoms with Gasteiger partial charge in [0.2, 0.25) is 0 Å². The number of hydrogen-bond acceptors (Lipinski definition) is 3. The van der Waals surface area contributed by atoms with E-state index in [0.717, 1.165) is 55.8 Å². The van der Waals surface area contributed by atoms with E-state index < -0.39 is 0 Å². The van der Waals surface area contributed by atoms with Crippen LogP contribution in [0, 0.1) is 0 Å². The Morgan fingerprint density at radius 3 is 1.93 bits per heavy atom. The molecule has 0 saturated heterocycles. The maximum Gasteiger partial charge on any atom is 0.328 e. The Labute approximate surface area is 266 Å². The Balaban J connectivity index is 1.30. The third kappa shape index (κ3) is 4.70. The summed E-state index contributed by atoms with van der Waals surface area (Å²) >= 11 is 0. The lowest BCUT2D eigenvalue weighted by molar-refractivity contribution is 0.795. The summed E-state index contributed by atoms with van der Waals surface area (Å²) in [7, 11) is 3.62. The number of rotatable bonds is 5. The van der Waals surface area contributed by atoms with E-state index >= 15 is 0 Å². The molecular weight excluding hydrogens is 564 g/mol. The number of benzene rings is 6. The van der Waals surface area contributed by atoms with E-state index in [2.05, 4.69) is 121 Å². The highest BCUT2D eigenvalue weighted by molar-refractivity contribution is 6.00. The van der Waals surface area contributed by atoms with Crippen LogP contribution in [0.25, 0.3) is 78.0 Å². The van der Waals surface area contributed by atoms with Crippen LogP contribution in [0.15, 0.2) is 150 Å². The summed E-state index contributed by atoms with van der Waals surface area (Å²) in [4.78, 5) is 22.8. The second-order valence-corrected chi connectivity index (χ2v) is 11.6. The molecule has 5 nitrogen and oxygen atoms in total. The van der Waals surface area contributed by atoms with Crippen molar-refractivity contribution in [2.75, 3.05) is 0 Å². The molecule has 2 aromatic heterocycles. The van der Waals surface area contributed by atoms with E-state index in [1.54, 1.807) is 16.2 Å². The van der Waals surface area contributed by atoms with Gasteiger partial charge in [-0.1, -0.05) is 121 Å². The van der Waals surface area contributed by atoms with Gasteiger partial charge in [-0.2, -0.15) is 0 Å². The van der Waals surface area contributed by atoms with Crippen LogP contribution in [0.1, 0.15) is 0 Å². The Hall–Kier alpha value is -6.07. The topological polar surface area (TPSA) is 52.7 Å². The maximum absolute atomic E-state index is 12.6. The summed E-state index contributed by atoms with van der Waals surface area (Å²) in [5.41, 5.74) is 10.8. The van der Waals surface area contributed by atoms with E-state index in [0.29, 0.717) is 5.82 Å². The monoisotopic (exact) mass is 594 g/mol. The molecule has 0 atom stereocenters. The van der Waals surface area contributed by atoms with Crippen LogP contribution in [0.3, 0.4) is 0 Å². The van der Waals surface area contributed by atoms with Crippen LogP contribution >= 0.6 is 0 Å². The minimum atomic E-state index is -0.0355. The molecule has 220 valence electrons. The molecule has 46 heavy (non-hydrogen) atoms. The van der Waals surface area contributed by atoms with Gasteiger partial charge in [-0.05, 0) is 57.3 Å². The summed E-state index contributed by atoms with van der Waals surface area (Å²) in [5.74, 6) is 0.673. The van der Waals surface area contributed by atoms with Crippen molar-refractivity contribution in [2.45, 2.75) is 0 Å². The Bertz CT molecular complexity index is 2470. The van der Waals surface area contributed by atoms with Gasteiger partial charge in [-0.25, -0.2) is 14.8 Å². The van der Waals surface area contributed by atoms with E-state index in [1.165, 1.54) is 16.3 Å². The van der Waals surface area contributed by atoms with Gasteiger partial charge >= 0.3 is 5.69 Å². The number of aryl methyl sites for hydroxylation is 2. The molecule has 0 aliphatic heterocycles. The molecule has 6 aromatic carbocycles. The van der Waals surface area contributed by atoms with Gasteiger partial charge in [0.1, 0.15) is 0 Å². The molecule has 0 bridgehead atoms. The molecular formula is C41H30N4O. The Morgan fingerprint density at radius 1 is 0.457 bits per heavy atom. The zero-order valence-corrected chi connectivity index (χ0v) is 25.6. The molecule has 0 spiro atoms. The Morgan fingerprint density at radius 2 is 1.07 bits per heavy atom. The van der Waals surface area contributed by atoms with Crippen LogP contribution in [0.2, 0.25) is 0 Å². The fraction of sp³-hybridized carbons (Fsp3) is 0.0488. The molecule has 0 saturated carbocycles. The quantitative estimate of drug-likeness (QED) is 0.200. The standard InChI is InChI=1S/C41H30N4O/c1-44-38-23-22-30(25-39(38)45(2)41(44)46)29-16-10-17-31(24-29)36-26-37(43-40(42-36)28-13-4-3-5-14-28)35-20-9-8-19-34(35)33-21-11-15-27-12-6-7-18-32(27)33/h3-26H,1-2H3. The van der Waals surface area contributed by atoms with Gasteiger partial charge in [-0.15, -0.1) is 0 Å². The van der Waals surface area contributed by atoms with Crippen LogP contribution in [-0.2, 0) is 14.1 Å². The number of imidazole rings is 1. The van der Waals surface area contributed by atoms with Crippen molar-refractivity contribution >= 4 is 21.8 Å². The van der Waals surface area contributed by atoms with Gasteiger partial charge in [0, 0.05) is 30.8 Å². The number of aromatic nitrogens is 4. The van der Waals surface area contributed by atoms with Crippen molar-refractivity contribution in [3.63, 3.8) is 0 Å². The van der Waals surface area contributed by atoms with Crippen LogP contribution in [0.4, 0.5) is 0 Å². The molecule has 5 heteroatoms. The first-order chi connectivity index (χ1) is 22.5. The average Bonchev–Trinajstić information content (AvgIpc) is 3.34. The second kappa shape index (κ2) is 11.1. The highest BCUT2D eigenvalue weighted by atomic mass is 16.1. The molecule has 0 N–H and O–H groups in total. The smallest absolute Gasteiger partial charge is 0.295 e. The van der Waals surface area contributed by atoms with Gasteiger partial charge in [0.15, 0.2) is 5.82 Å². The average molecular weight is 595 g/mol. The van der Waals surface area contributed by atoms with Crippen LogP contribution in [0.5, 0.6) is 0 Å². The van der Waals surface area contributed by atoms with E-state index in [9.17, 15) is 4.79 Å². The summed E-state index contributed by atoms with van der Waals surface area (Å²) in [6, 6.07) is 50.3. The molecule has 0 fully saturated rings. The molecule has 0 aliphatic rings. The molecule has 0 amide bonds. The fourth-order valence-electron chi connectivity index (χ4n) is 6.40. The van der Waals surface area contributed by atoms with E-state index in [4.69, 9.17) is 9.97 Å². The van der Waals surface area contributed by atoms with Crippen molar-refractivity contribution in [1.29, 1.82) is 0 Å². The normalized spacial score (nSPS) is 11.3. The third-order valence-corrected chi connectivity index (χ3v) is 8.80. The second-order valence-electron chi connectivity index (χ2n) is 11.6. The van der Waals surface area contributed by atoms with Gasteiger partial charge < -0.3 is 0 Å². The largest absolute Gasteiger partial charge is 0.328 e. The summed E-state index contributed by atoms with van der Waals surface area (Å²) in [6.45, 7) is 0.